The number of rotatable bonds is 4. The van der Waals surface area contributed by atoms with Crippen LogP contribution in [0.25, 0.3) is 0 Å². The fourth-order valence-corrected chi connectivity index (χ4v) is 2.75. The lowest BCUT2D eigenvalue weighted by molar-refractivity contribution is -0.274. The number of nitrogens with two attached hydrogens (primary N) is 1. The summed E-state index contributed by atoms with van der Waals surface area (Å²) in [6.45, 7) is 3.18. The van der Waals surface area contributed by atoms with Crippen molar-refractivity contribution in [3.8, 4) is 5.75 Å². The predicted octanol–water partition coefficient (Wildman–Crippen LogP) is 2.75. The number of nitrogens with zero attached hydrogens (tertiary/aromatic N) is 1. The molecule has 1 fully saturated rings. The largest absolute Gasteiger partial charge is 0.573 e. The number of alkyl halides is 3. The maximum Gasteiger partial charge on any atom is 0.573 e. The van der Waals surface area contributed by atoms with Crippen molar-refractivity contribution in [1.29, 1.82) is 0 Å². The number of ether oxygens (including phenoxy) is 1. The summed E-state index contributed by atoms with van der Waals surface area (Å²) < 4.78 is 40.0. The summed E-state index contributed by atoms with van der Waals surface area (Å²) in [4.78, 5) is 14.1. The van der Waals surface area contributed by atoms with Crippen LogP contribution in [0.1, 0.15) is 18.9 Å². The summed E-state index contributed by atoms with van der Waals surface area (Å²) in [5.41, 5.74) is 6.29. The number of halogens is 4. The molecule has 0 saturated carbocycles. The molecular weight excluding hydrogens is 333 g/mol. The Labute approximate surface area is 139 Å². The van der Waals surface area contributed by atoms with E-state index in [9.17, 15) is 18.0 Å². The molecule has 1 aromatic carbocycles. The Bertz CT molecular complexity index is 522. The highest BCUT2D eigenvalue weighted by Crippen LogP contribution is 2.25. The number of amides is 1. The molecule has 2 atom stereocenters. The van der Waals surface area contributed by atoms with Crippen LogP contribution in [0.4, 0.5) is 13.2 Å². The Balaban J connectivity index is 0.00000264. The maximum atomic E-state index is 12.3. The molecule has 0 bridgehead atoms. The van der Waals surface area contributed by atoms with E-state index in [1.54, 1.807) is 4.90 Å². The van der Waals surface area contributed by atoms with Gasteiger partial charge in [-0.2, -0.15) is 0 Å². The number of hydrogen-bond acceptors (Lipinski definition) is 3. The summed E-state index contributed by atoms with van der Waals surface area (Å²) in [6, 6.07) is 5.52. The minimum Gasteiger partial charge on any atom is -0.406 e. The van der Waals surface area contributed by atoms with Gasteiger partial charge in [-0.1, -0.05) is 12.1 Å². The molecule has 2 N–H and O–H groups in total. The zero-order valence-corrected chi connectivity index (χ0v) is 13.5. The van der Waals surface area contributed by atoms with Gasteiger partial charge < -0.3 is 15.4 Å². The van der Waals surface area contributed by atoms with Crippen molar-refractivity contribution < 1.29 is 22.7 Å². The molecule has 1 aliphatic rings. The van der Waals surface area contributed by atoms with E-state index >= 15 is 0 Å². The van der Waals surface area contributed by atoms with Gasteiger partial charge in [-0.25, -0.2) is 0 Å². The molecule has 0 aromatic heterocycles. The first-order chi connectivity index (χ1) is 10.3. The average Bonchev–Trinajstić information content (AvgIpc) is 2.81. The quantitative estimate of drug-likeness (QED) is 0.906. The van der Waals surface area contributed by atoms with Gasteiger partial charge in [0.05, 0.1) is 6.42 Å². The predicted molar refractivity (Wildman–Crippen MR) is 82.4 cm³/mol. The van der Waals surface area contributed by atoms with Crippen molar-refractivity contribution in [2.24, 2.45) is 11.7 Å². The molecule has 8 heteroatoms. The third kappa shape index (κ3) is 5.58. The molecular formula is C15H20ClF3N2O2. The average molecular weight is 353 g/mol. The van der Waals surface area contributed by atoms with E-state index in [0.717, 1.165) is 6.42 Å². The zero-order chi connectivity index (χ0) is 16.3. The number of likely N-dealkylation sites (tertiary alicyclic amines) is 1. The minimum absolute atomic E-state index is 0. The third-order valence-corrected chi connectivity index (χ3v) is 3.83. The van der Waals surface area contributed by atoms with Crippen LogP contribution < -0.4 is 10.5 Å². The Morgan fingerprint density at radius 3 is 2.43 bits per heavy atom. The Hall–Kier alpha value is -1.47. The van der Waals surface area contributed by atoms with E-state index in [2.05, 4.69) is 4.74 Å². The summed E-state index contributed by atoms with van der Waals surface area (Å²) in [5.74, 6) is -0.00381. The normalized spacial score (nSPS) is 21.0. The van der Waals surface area contributed by atoms with Crippen molar-refractivity contribution in [2.45, 2.75) is 32.2 Å². The number of carbonyl (C=O) groups is 1. The molecule has 0 spiro atoms. The van der Waals surface area contributed by atoms with Gasteiger partial charge in [-0.3, -0.25) is 4.79 Å². The van der Waals surface area contributed by atoms with E-state index < -0.39 is 6.36 Å². The fourth-order valence-electron chi connectivity index (χ4n) is 2.75. The molecule has 2 unspecified atom stereocenters. The van der Waals surface area contributed by atoms with Crippen LogP contribution in [0.15, 0.2) is 24.3 Å². The van der Waals surface area contributed by atoms with E-state index in [0.29, 0.717) is 24.6 Å². The Morgan fingerprint density at radius 2 is 1.96 bits per heavy atom. The number of benzene rings is 1. The molecule has 130 valence electrons. The second-order valence-electron chi connectivity index (χ2n) is 5.60. The highest BCUT2D eigenvalue weighted by molar-refractivity contribution is 5.85. The molecule has 1 aliphatic heterocycles. The van der Waals surface area contributed by atoms with E-state index in [4.69, 9.17) is 5.73 Å². The second kappa shape index (κ2) is 7.88. The molecule has 1 saturated heterocycles. The van der Waals surface area contributed by atoms with Gasteiger partial charge in [0.15, 0.2) is 0 Å². The summed E-state index contributed by atoms with van der Waals surface area (Å²) in [5, 5.41) is 0. The zero-order valence-electron chi connectivity index (χ0n) is 12.7. The minimum atomic E-state index is -4.71. The first kappa shape index (κ1) is 19.6. The smallest absolute Gasteiger partial charge is 0.406 e. The third-order valence-electron chi connectivity index (χ3n) is 3.83. The highest BCUT2D eigenvalue weighted by atomic mass is 35.5. The molecule has 1 aromatic rings. The molecule has 2 rings (SSSR count). The summed E-state index contributed by atoms with van der Waals surface area (Å²) in [6.07, 6.45) is -3.66. The molecule has 1 amide bonds. The standard InChI is InChI=1S/C15H19F3N2O2.ClH/c1-10-6-12(8-19)9-20(10)14(21)7-11-2-4-13(5-3-11)22-15(16,17)18;/h2-5,10,12H,6-9,19H2,1H3;1H. The first-order valence-electron chi connectivity index (χ1n) is 7.12. The fraction of sp³-hybridized carbons (Fsp3) is 0.533. The van der Waals surface area contributed by atoms with Crippen LogP contribution in [0.3, 0.4) is 0 Å². The highest BCUT2D eigenvalue weighted by Gasteiger charge is 2.32. The topological polar surface area (TPSA) is 55.6 Å². The lowest BCUT2D eigenvalue weighted by Gasteiger charge is -2.21. The summed E-state index contributed by atoms with van der Waals surface area (Å²) in [7, 11) is 0. The first-order valence-corrected chi connectivity index (χ1v) is 7.12. The number of hydrogen-bond donors (Lipinski definition) is 1. The molecule has 1 heterocycles. The Kier molecular flexibility index (Phi) is 6.70. The van der Waals surface area contributed by atoms with E-state index in [-0.39, 0.29) is 36.5 Å². The van der Waals surface area contributed by atoms with Crippen LogP contribution in [0, 0.1) is 5.92 Å². The maximum absolute atomic E-state index is 12.3. The van der Waals surface area contributed by atoms with Crippen molar-refractivity contribution >= 4 is 18.3 Å². The van der Waals surface area contributed by atoms with Gasteiger partial charge in [0, 0.05) is 12.6 Å². The molecule has 0 aliphatic carbocycles. The van der Waals surface area contributed by atoms with Crippen molar-refractivity contribution in [3.63, 3.8) is 0 Å². The summed E-state index contributed by atoms with van der Waals surface area (Å²) >= 11 is 0. The van der Waals surface area contributed by atoms with Gasteiger partial charge in [0.2, 0.25) is 5.91 Å². The van der Waals surface area contributed by atoms with Crippen LogP contribution in [-0.2, 0) is 11.2 Å². The van der Waals surface area contributed by atoms with Crippen molar-refractivity contribution in [2.75, 3.05) is 13.1 Å². The van der Waals surface area contributed by atoms with Gasteiger partial charge >= 0.3 is 6.36 Å². The van der Waals surface area contributed by atoms with Gasteiger partial charge in [-0.15, -0.1) is 25.6 Å². The van der Waals surface area contributed by atoms with Crippen LogP contribution in [0.2, 0.25) is 0 Å². The molecule has 4 nitrogen and oxygen atoms in total. The van der Waals surface area contributed by atoms with E-state index in [1.165, 1.54) is 24.3 Å². The molecule has 23 heavy (non-hydrogen) atoms. The SMILES string of the molecule is CC1CC(CN)CN1C(=O)Cc1ccc(OC(F)(F)F)cc1.Cl. The van der Waals surface area contributed by atoms with Crippen molar-refractivity contribution in [1.82, 2.24) is 4.90 Å². The lowest BCUT2D eigenvalue weighted by Crippen LogP contribution is -2.35. The van der Waals surface area contributed by atoms with Crippen LogP contribution >= 0.6 is 12.4 Å². The molecule has 0 radical (unpaired) electrons. The van der Waals surface area contributed by atoms with Crippen LogP contribution in [-0.4, -0.2) is 36.3 Å². The monoisotopic (exact) mass is 352 g/mol. The van der Waals surface area contributed by atoms with Crippen molar-refractivity contribution in [3.05, 3.63) is 29.8 Å². The van der Waals surface area contributed by atoms with Gasteiger partial charge in [0.1, 0.15) is 5.75 Å². The van der Waals surface area contributed by atoms with E-state index in [1.807, 2.05) is 6.92 Å². The number of carbonyl (C=O) groups excluding carboxylic acids is 1. The Morgan fingerprint density at radius 1 is 1.35 bits per heavy atom. The van der Waals surface area contributed by atoms with Gasteiger partial charge in [-0.05, 0) is 43.5 Å². The van der Waals surface area contributed by atoms with Gasteiger partial charge in [0.25, 0.3) is 0 Å². The van der Waals surface area contributed by atoms with Crippen LogP contribution in [0.5, 0.6) is 5.75 Å². The second-order valence-corrected chi connectivity index (χ2v) is 5.60. The lowest BCUT2D eigenvalue weighted by atomic mass is 10.1.